The number of hydrogen-bond donors (Lipinski definition) is 0. The molecule has 0 aromatic heterocycles. The quantitative estimate of drug-likeness (QED) is 0.469. The predicted molar refractivity (Wildman–Crippen MR) is 106 cm³/mol. The minimum atomic E-state index is -4.30. The molecule has 0 atom stereocenters. The van der Waals surface area contributed by atoms with Gasteiger partial charge >= 0.3 is 6.18 Å². The van der Waals surface area contributed by atoms with Crippen molar-refractivity contribution < 1.29 is 17.9 Å². The maximum Gasteiger partial charge on any atom is 0.416 e. The van der Waals surface area contributed by atoms with Gasteiger partial charge in [-0.1, -0.05) is 50.5 Å². The van der Waals surface area contributed by atoms with Crippen LogP contribution in [0.25, 0.3) is 0 Å². The Bertz CT molecular complexity index is 711. The molecule has 1 fully saturated rings. The number of rotatable bonds is 7. The van der Waals surface area contributed by atoms with Crippen LogP contribution in [-0.4, -0.2) is 0 Å². The van der Waals surface area contributed by atoms with Crippen molar-refractivity contribution in [3.8, 4) is 5.75 Å². The Morgan fingerprint density at radius 3 is 2.11 bits per heavy atom. The molecule has 28 heavy (non-hydrogen) atoms. The summed E-state index contributed by atoms with van der Waals surface area (Å²) in [4.78, 5) is 0. The standard InChI is InChI=1S/C24H29F3O/c1-2-3-4-18-5-9-20(10-6-18)21-11-15-23(16-12-21)28-17-19-7-13-22(14-8-19)24(25,26)27/h7-8,11-16,18,20H,2-6,9-10,17H2,1H3. The third-order valence-corrected chi connectivity index (χ3v) is 5.85. The molecule has 0 bridgehead atoms. The van der Waals surface area contributed by atoms with Crippen LogP contribution < -0.4 is 4.74 Å². The molecule has 0 N–H and O–H groups in total. The molecule has 4 heteroatoms. The van der Waals surface area contributed by atoms with Crippen molar-refractivity contribution in [3.63, 3.8) is 0 Å². The molecule has 0 radical (unpaired) electrons. The molecule has 152 valence electrons. The normalized spacial score (nSPS) is 20.1. The van der Waals surface area contributed by atoms with E-state index in [9.17, 15) is 13.2 Å². The van der Waals surface area contributed by atoms with Gasteiger partial charge in [0.2, 0.25) is 0 Å². The highest BCUT2D eigenvalue weighted by molar-refractivity contribution is 5.30. The molecule has 3 rings (SSSR count). The average molecular weight is 390 g/mol. The Kier molecular flexibility index (Phi) is 7.03. The van der Waals surface area contributed by atoms with Gasteiger partial charge in [0.15, 0.2) is 0 Å². The highest BCUT2D eigenvalue weighted by Crippen LogP contribution is 2.38. The van der Waals surface area contributed by atoms with Crippen LogP contribution in [0.2, 0.25) is 0 Å². The number of hydrogen-bond acceptors (Lipinski definition) is 1. The Balaban J connectivity index is 1.48. The van der Waals surface area contributed by atoms with Gasteiger partial charge in [-0.25, -0.2) is 0 Å². The van der Waals surface area contributed by atoms with E-state index in [0.29, 0.717) is 5.92 Å². The van der Waals surface area contributed by atoms with Crippen molar-refractivity contribution in [2.45, 2.75) is 70.6 Å². The molecular formula is C24H29F3O. The van der Waals surface area contributed by atoms with Gasteiger partial charge in [-0.2, -0.15) is 13.2 Å². The van der Waals surface area contributed by atoms with Crippen LogP contribution in [0.5, 0.6) is 5.75 Å². The Morgan fingerprint density at radius 1 is 0.893 bits per heavy atom. The second-order valence-corrected chi connectivity index (χ2v) is 7.91. The van der Waals surface area contributed by atoms with Crippen molar-refractivity contribution in [3.05, 3.63) is 65.2 Å². The van der Waals surface area contributed by atoms with E-state index in [1.54, 1.807) is 0 Å². The van der Waals surface area contributed by atoms with Gasteiger partial charge in [0.25, 0.3) is 0 Å². The molecular weight excluding hydrogens is 361 g/mol. The summed E-state index contributed by atoms with van der Waals surface area (Å²) in [7, 11) is 0. The van der Waals surface area contributed by atoms with Gasteiger partial charge in [-0.15, -0.1) is 0 Å². The van der Waals surface area contributed by atoms with Crippen molar-refractivity contribution in [1.82, 2.24) is 0 Å². The lowest BCUT2D eigenvalue weighted by Gasteiger charge is -2.28. The van der Waals surface area contributed by atoms with Gasteiger partial charge in [0.05, 0.1) is 5.56 Å². The zero-order chi connectivity index (χ0) is 20.0. The Hall–Kier alpha value is -1.97. The smallest absolute Gasteiger partial charge is 0.416 e. The number of ether oxygens (including phenoxy) is 1. The molecule has 1 saturated carbocycles. The fourth-order valence-electron chi connectivity index (χ4n) is 4.07. The average Bonchev–Trinajstić information content (AvgIpc) is 2.71. The second kappa shape index (κ2) is 9.49. The van der Waals surface area contributed by atoms with E-state index in [0.717, 1.165) is 29.4 Å². The molecule has 0 heterocycles. The monoisotopic (exact) mass is 390 g/mol. The first-order valence-corrected chi connectivity index (χ1v) is 10.3. The minimum absolute atomic E-state index is 0.264. The number of benzene rings is 2. The molecule has 1 nitrogen and oxygen atoms in total. The van der Waals surface area contributed by atoms with Crippen molar-refractivity contribution in [1.29, 1.82) is 0 Å². The van der Waals surface area contributed by atoms with Crippen LogP contribution in [-0.2, 0) is 12.8 Å². The summed E-state index contributed by atoms with van der Waals surface area (Å²) in [5, 5.41) is 0. The van der Waals surface area contributed by atoms with E-state index in [-0.39, 0.29) is 6.61 Å². The molecule has 1 aliphatic carbocycles. The number of unbranched alkanes of at least 4 members (excludes halogenated alkanes) is 1. The summed E-state index contributed by atoms with van der Waals surface area (Å²) in [6.45, 7) is 2.52. The highest BCUT2D eigenvalue weighted by Gasteiger charge is 2.29. The van der Waals surface area contributed by atoms with Crippen molar-refractivity contribution >= 4 is 0 Å². The van der Waals surface area contributed by atoms with E-state index >= 15 is 0 Å². The molecule has 2 aromatic carbocycles. The van der Waals surface area contributed by atoms with Crippen LogP contribution in [0.15, 0.2) is 48.5 Å². The topological polar surface area (TPSA) is 9.23 Å². The van der Waals surface area contributed by atoms with Crippen LogP contribution in [0, 0.1) is 5.92 Å². The SMILES string of the molecule is CCCCC1CCC(c2ccc(OCc3ccc(C(F)(F)F)cc3)cc2)CC1. The maximum atomic E-state index is 12.6. The van der Waals surface area contributed by atoms with Gasteiger partial charge in [0.1, 0.15) is 12.4 Å². The second-order valence-electron chi connectivity index (χ2n) is 7.91. The number of alkyl halides is 3. The summed E-state index contributed by atoms with van der Waals surface area (Å²) >= 11 is 0. The van der Waals surface area contributed by atoms with E-state index in [1.165, 1.54) is 62.6 Å². The van der Waals surface area contributed by atoms with Gasteiger partial charge in [-0.05, 0) is 72.9 Å². The van der Waals surface area contributed by atoms with Gasteiger partial charge < -0.3 is 4.74 Å². The maximum absolute atomic E-state index is 12.6. The van der Waals surface area contributed by atoms with E-state index in [1.807, 2.05) is 12.1 Å². The third-order valence-electron chi connectivity index (χ3n) is 5.85. The lowest BCUT2D eigenvalue weighted by Crippen LogP contribution is -2.13. The summed E-state index contributed by atoms with van der Waals surface area (Å²) in [6.07, 6.45) is 4.90. The Morgan fingerprint density at radius 2 is 1.54 bits per heavy atom. The first-order chi connectivity index (χ1) is 13.5. The zero-order valence-corrected chi connectivity index (χ0v) is 16.5. The molecule has 0 spiro atoms. The van der Waals surface area contributed by atoms with E-state index in [4.69, 9.17) is 4.74 Å². The first kappa shape index (κ1) is 20.8. The number of halogens is 3. The van der Waals surface area contributed by atoms with Crippen LogP contribution >= 0.6 is 0 Å². The van der Waals surface area contributed by atoms with Crippen molar-refractivity contribution in [2.75, 3.05) is 0 Å². The van der Waals surface area contributed by atoms with Crippen LogP contribution in [0.4, 0.5) is 13.2 Å². The van der Waals surface area contributed by atoms with E-state index < -0.39 is 11.7 Å². The third kappa shape index (κ3) is 5.76. The molecule has 0 unspecified atom stereocenters. The van der Waals surface area contributed by atoms with E-state index in [2.05, 4.69) is 19.1 Å². The first-order valence-electron chi connectivity index (χ1n) is 10.3. The summed E-state index contributed by atoms with van der Waals surface area (Å²) in [5.41, 5.74) is 1.46. The predicted octanol–water partition coefficient (Wildman–Crippen LogP) is 7.75. The summed E-state index contributed by atoms with van der Waals surface area (Å²) in [5.74, 6) is 2.30. The molecule has 0 amide bonds. The molecule has 1 aliphatic rings. The Labute approximate surface area is 165 Å². The minimum Gasteiger partial charge on any atom is -0.489 e. The highest BCUT2D eigenvalue weighted by atomic mass is 19.4. The molecule has 0 aliphatic heterocycles. The molecule has 0 saturated heterocycles. The van der Waals surface area contributed by atoms with Gasteiger partial charge in [0, 0.05) is 0 Å². The summed E-state index contributed by atoms with van der Waals surface area (Å²) in [6, 6.07) is 13.4. The van der Waals surface area contributed by atoms with Gasteiger partial charge in [-0.3, -0.25) is 0 Å². The van der Waals surface area contributed by atoms with Crippen LogP contribution in [0.1, 0.15) is 74.5 Å². The largest absolute Gasteiger partial charge is 0.489 e. The zero-order valence-electron chi connectivity index (χ0n) is 16.5. The van der Waals surface area contributed by atoms with Crippen LogP contribution in [0.3, 0.4) is 0 Å². The summed E-state index contributed by atoms with van der Waals surface area (Å²) < 4.78 is 43.6. The molecule has 2 aromatic rings. The fourth-order valence-corrected chi connectivity index (χ4v) is 4.07. The lowest BCUT2D eigenvalue weighted by atomic mass is 9.77. The lowest BCUT2D eigenvalue weighted by molar-refractivity contribution is -0.137. The van der Waals surface area contributed by atoms with Crippen molar-refractivity contribution in [2.24, 2.45) is 5.92 Å². The fraction of sp³-hybridized carbons (Fsp3) is 0.500.